The van der Waals surface area contributed by atoms with Crippen LogP contribution in [0.15, 0.2) is 6.07 Å². The van der Waals surface area contributed by atoms with E-state index in [-0.39, 0.29) is 24.2 Å². The van der Waals surface area contributed by atoms with Crippen LogP contribution in [0.25, 0.3) is 10.6 Å². The van der Waals surface area contributed by atoms with E-state index in [4.69, 9.17) is 14.5 Å². The predicted molar refractivity (Wildman–Crippen MR) is 144 cm³/mol. The second-order valence-corrected chi connectivity index (χ2v) is 12.6. The summed E-state index contributed by atoms with van der Waals surface area (Å²) in [6.45, 7) is 15.6. The molecule has 4 heterocycles. The Kier molecular flexibility index (Phi) is 6.68. The fraction of sp³-hybridized carbons (Fsp3) is 0.630. The number of hydrogen-bond donors (Lipinski definition) is 1. The lowest BCUT2D eigenvalue weighted by Gasteiger charge is -2.37. The van der Waals surface area contributed by atoms with E-state index in [9.17, 15) is 9.59 Å². The Labute approximate surface area is 222 Å². The molecular formula is C27H37N5O4S. The van der Waals surface area contributed by atoms with Gasteiger partial charge in [0.25, 0.3) is 5.91 Å². The summed E-state index contributed by atoms with van der Waals surface area (Å²) >= 11 is 1.36. The van der Waals surface area contributed by atoms with Crippen molar-refractivity contribution in [3.63, 3.8) is 0 Å². The molecule has 2 amide bonds. The summed E-state index contributed by atoms with van der Waals surface area (Å²) in [7, 11) is 0. The molecule has 37 heavy (non-hydrogen) atoms. The van der Waals surface area contributed by atoms with Crippen molar-refractivity contribution in [3.05, 3.63) is 22.9 Å². The first-order valence-corrected chi connectivity index (χ1v) is 13.9. The van der Waals surface area contributed by atoms with E-state index >= 15 is 0 Å². The van der Waals surface area contributed by atoms with E-state index in [1.807, 2.05) is 38.7 Å². The zero-order valence-electron chi connectivity index (χ0n) is 22.8. The SMILES string of the molecule is Cc1nc(NC(=O)OC(C)(C)C)sc1-c1cc2c(c(N3C[C@@H](C)O[C@@H](C)C3)n1)C(=O)N([C@@H](C)C1CC1)C2. The zero-order valence-corrected chi connectivity index (χ0v) is 23.6. The number of nitrogens with one attached hydrogen (secondary N) is 1. The van der Waals surface area contributed by atoms with Crippen LogP contribution in [0.4, 0.5) is 15.7 Å². The standard InChI is InChI=1S/C27H37N5O4S/c1-14-11-31(12-15(2)35-14)23-21-19(13-32(24(21)33)17(4)18-8-9-18)10-20(29-23)22-16(3)28-25(37-22)30-26(34)36-27(5,6)7/h10,14-15,17-18H,8-9,11-13H2,1-7H3,(H,28,30,34)/t14-,15+,17-/m0/s1. The summed E-state index contributed by atoms with van der Waals surface area (Å²) < 4.78 is 11.4. The molecule has 0 bridgehead atoms. The van der Waals surface area contributed by atoms with Gasteiger partial charge in [-0.3, -0.25) is 10.1 Å². The molecule has 1 saturated carbocycles. The average Bonchev–Trinajstić information content (AvgIpc) is 3.49. The molecule has 2 fully saturated rings. The van der Waals surface area contributed by atoms with Crippen LogP contribution in [-0.2, 0) is 16.0 Å². The van der Waals surface area contributed by atoms with E-state index in [1.54, 1.807) is 0 Å². The molecule has 2 aromatic rings. The van der Waals surface area contributed by atoms with Crippen molar-refractivity contribution in [2.75, 3.05) is 23.3 Å². The van der Waals surface area contributed by atoms with Gasteiger partial charge in [-0.25, -0.2) is 14.8 Å². The third kappa shape index (κ3) is 5.45. The predicted octanol–water partition coefficient (Wildman–Crippen LogP) is 5.23. The first-order chi connectivity index (χ1) is 17.4. The number of aromatic nitrogens is 2. The highest BCUT2D eigenvalue weighted by atomic mass is 32.1. The molecule has 10 heteroatoms. The maximum Gasteiger partial charge on any atom is 0.413 e. The van der Waals surface area contributed by atoms with Crippen LogP contribution in [0.3, 0.4) is 0 Å². The van der Waals surface area contributed by atoms with Crippen LogP contribution in [0.1, 0.15) is 76.0 Å². The van der Waals surface area contributed by atoms with Crippen molar-refractivity contribution in [2.45, 2.75) is 91.7 Å². The summed E-state index contributed by atoms with van der Waals surface area (Å²) in [4.78, 5) is 40.7. The highest BCUT2D eigenvalue weighted by molar-refractivity contribution is 7.19. The molecule has 0 unspecified atom stereocenters. The smallest absolute Gasteiger partial charge is 0.413 e. The van der Waals surface area contributed by atoms with E-state index in [1.165, 1.54) is 24.2 Å². The second kappa shape index (κ2) is 9.54. The minimum atomic E-state index is -0.599. The minimum Gasteiger partial charge on any atom is -0.444 e. The molecule has 1 N–H and O–H groups in total. The van der Waals surface area contributed by atoms with Gasteiger partial charge in [0.2, 0.25) is 0 Å². The Balaban J connectivity index is 1.51. The van der Waals surface area contributed by atoms with Crippen LogP contribution in [-0.4, -0.2) is 63.8 Å². The third-order valence-corrected chi connectivity index (χ3v) is 8.14. The van der Waals surface area contributed by atoms with Gasteiger partial charge in [-0.15, -0.1) is 0 Å². The Hall–Kier alpha value is -2.72. The normalized spacial score (nSPS) is 22.7. The van der Waals surface area contributed by atoms with E-state index in [2.05, 4.69) is 36.0 Å². The highest BCUT2D eigenvalue weighted by Gasteiger charge is 2.41. The molecule has 0 radical (unpaired) electrons. The second-order valence-electron chi connectivity index (χ2n) is 11.6. The molecule has 2 aromatic heterocycles. The summed E-state index contributed by atoms with van der Waals surface area (Å²) in [6.07, 6.45) is 1.91. The van der Waals surface area contributed by atoms with Crippen LogP contribution < -0.4 is 10.2 Å². The van der Waals surface area contributed by atoms with Crippen LogP contribution in [0.5, 0.6) is 0 Å². The number of anilines is 2. The van der Waals surface area contributed by atoms with Crippen LogP contribution >= 0.6 is 11.3 Å². The average molecular weight is 528 g/mol. The van der Waals surface area contributed by atoms with Gasteiger partial charge in [0.05, 0.1) is 34.0 Å². The molecule has 3 aliphatic rings. The van der Waals surface area contributed by atoms with Gasteiger partial charge in [-0.1, -0.05) is 11.3 Å². The van der Waals surface area contributed by atoms with Gasteiger partial charge in [-0.05, 0) is 78.9 Å². The highest BCUT2D eigenvalue weighted by Crippen LogP contribution is 2.42. The molecule has 3 atom stereocenters. The summed E-state index contributed by atoms with van der Waals surface area (Å²) in [6, 6.07) is 2.25. The quantitative estimate of drug-likeness (QED) is 0.569. The van der Waals surface area contributed by atoms with Crippen LogP contribution in [0, 0.1) is 12.8 Å². The van der Waals surface area contributed by atoms with Crippen molar-refractivity contribution in [1.29, 1.82) is 0 Å². The van der Waals surface area contributed by atoms with E-state index < -0.39 is 11.7 Å². The number of rotatable bonds is 5. The molecular weight excluding hydrogens is 490 g/mol. The number of carbonyl (C=O) groups is 2. The van der Waals surface area contributed by atoms with Crippen LogP contribution in [0.2, 0.25) is 0 Å². The van der Waals surface area contributed by atoms with Gasteiger partial charge in [0.1, 0.15) is 11.4 Å². The lowest BCUT2D eigenvalue weighted by Crippen LogP contribution is -2.46. The Morgan fingerprint density at radius 3 is 2.51 bits per heavy atom. The molecule has 0 spiro atoms. The van der Waals surface area contributed by atoms with Crippen molar-refractivity contribution in [1.82, 2.24) is 14.9 Å². The van der Waals surface area contributed by atoms with Gasteiger partial charge in [0.15, 0.2) is 5.13 Å². The van der Waals surface area contributed by atoms with E-state index in [0.717, 1.165) is 27.6 Å². The van der Waals surface area contributed by atoms with E-state index in [0.29, 0.717) is 36.2 Å². The topological polar surface area (TPSA) is 96.9 Å². The summed E-state index contributed by atoms with van der Waals surface area (Å²) in [5, 5.41) is 3.21. The largest absolute Gasteiger partial charge is 0.444 e. The van der Waals surface area contributed by atoms with Gasteiger partial charge in [-0.2, -0.15) is 0 Å². The lowest BCUT2D eigenvalue weighted by atomic mass is 10.1. The lowest BCUT2D eigenvalue weighted by molar-refractivity contribution is -0.00553. The maximum absolute atomic E-state index is 13.7. The summed E-state index contributed by atoms with van der Waals surface area (Å²) in [5.74, 6) is 1.38. The van der Waals surface area contributed by atoms with Gasteiger partial charge >= 0.3 is 6.09 Å². The summed E-state index contributed by atoms with van der Waals surface area (Å²) in [5.41, 5.74) is 2.65. The molecule has 0 aromatic carbocycles. The molecule has 2 aliphatic heterocycles. The number of fused-ring (bicyclic) bond motifs is 1. The number of thiazole rings is 1. The monoisotopic (exact) mass is 527 g/mol. The number of morpholine rings is 1. The Bertz CT molecular complexity index is 1210. The zero-order chi connectivity index (χ0) is 26.6. The molecule has 1 saturated heterocycles. The first-order valence-electron chi connectivity index (χ1n) is 13.1. The maximum atomic E-state index is 13.7. The number of nitrogens with zero attached hydrogens (tertiary/aromatic N) is 4. The van der Waals surface area contributed by atoms with Crippen molar-refractivity contribution in [3.8, 4) is 10.6 Å². The molecule has 200 valence electrons. The third-order valence-electron chi connectivity index (χ3n) is 7.05. The molecule has 1 aliphatic carbocycles. The number of hydrogen-bond acceptors (Lipinski definition) is 8. The molecule has 5 rings (SSSR count). The number of ether oxygens (including phenoxy) is 2. The minimum absolute atomic E-state index is 0.0395. The Morgan fingerprint density at radius 2 is 1.89 bits per heavy atom. The fourth-order valence-electron chi connectivity index (χ4n) is 5.28. The number of aryl methyl sites for hydroxylation is 1. The number of pyridine rings is 1. The molecule has 9 nitrogen and oxygen atoms in total. The number of amides is 2. The van der Waals surface area contributed by atoms with Crippen molar-refractivity contribution >= 4 is 34.3 Å². The van der Waals surface area contributed by atoms with Gasteiger partial charge in [0, 0.05) is 25.7 Å². The fourth-order valence-corrected chi connectivity index (χ4v) is 6.19. The first kappa shape index (κ1) is 25.9. The number of carbonyl (C=O) groups excluding carboxylic acids is 2. The van der Waals surface area contributed by atoms with Crippen molar-refractivity contribution in [2.24, 2.45) is 5.92 Å². The Morgan fingerprint density at radius 1 is 1.22 bits per heavy atom. The van der Waals surface area contributed by atoms with Gasteiger partial charge < -0.3 is 19.3 Å². The van der Waals surface area contributed by atoms with Crippen molar-refractivity contribution < 1.29 is 19.1 Å².